The van der Waals surface area contributed by atoms with E-state index in [2.05, 4.69) is 36.2 Å². The van der Waals surface area contributed by atoms with Crippen LogP contribution in [0.25, 0.3) is 0 Å². The van der Waals surface area contributed by atoms with Gasteiger partial charge in [-0.3, -0.25) is 0 Å². The first kappa shape index (κ1) is 9.66. The van der Waals surface area contributed by atoms with Crippen molar-refractivity contribution < 1.29 is 0 Å². The van der Waals surface area contributed by atoms with Crippen molar-refractivity contribution in [1.82, 2.24) is 0 Å². The van der Waals surface area contributed by atoms with Crippen molar-refractivity contribution in [3.8, 4) is 0 Å². The lowest BCUT2D eigenvalue weighted by Crippen LogP contribution is -2.14. The smallest absolute Gasteiger partial charge is 0.117 e. The molecule has 14 heavy (non-hydrogen) atoms. The van der Waals surface area contributed by atoms with E-state index >= 15 is 0 Å². The third kappa shape index (κ3) is 2.13. The van der Waals surface area contributed by atoms with Gasteiger partial charge in [0.25, 0.3) is 0 Å². The standard InChI is InChI=1S/C12H14NS/c1-2-9-14-12-8-7-10-5-3-4-6-11(10)13-12/h2-6,13H,1,7-9H2. The number of para-hydroxylation sites is 1. The zero-order chi connectivity index (χ0) is 9.80. The minimum Gasteiger partial charge on any atom is -0.368 e. The van der Waals surface area contributed by atoms with E-state index in [1.165, 1.54) is 16.6 Å². The molecule has 0 aromatic heterocycles. The van der Waals surface area contributed by atoms with Crippen LogP contribution in [0.15, 0.2) is 36.9 Å². The Morgan fingerprint density at radius 2 is 2.21 bits per heavy atom. The molecule has 1 aliphatic heterocycles. The molecule has 1 aromatic carbocycles. The molecule has 0 bridgehead atoms. The molecule has 2 rings (SSSR count). The Labute approximate surface area is 89.6 Å². The van der Waals surface area contributed by atoms with Crippen LogP contribution in [-0.4, -0.2) is 5.75 Å². The van der Waals surface area contributed by atoms with E-state index in [0.717, 1.165) is 18.6 Å². The molecule has 73 valence electrons. The lowest BCUT2D eigenvalue weighted by Gasteiger charge is -2.25. The molecule has 1 aliphatic rings. The van der Waals surface area contributed by atoms with Crippen LogP contribution in [-0.2, 0) is 6.42 Å². The molecule has 0 fully saturated rings. The summed E-state index contributed by atoms with van der Waals surface area (Å²) in [7, 11) is 0. The normalized spacial score (nSPS) is 15.7. The van der Waals surface area contributed by atoms with Crippen LogP contribution in [0.4, 0.5) is 5.69 Å². The van der Waals surface area contributed by atoms with Crippen molar-refractivity contribution in [1.29, 1.82) is 0 Å². The molecule has 2 heteroatoms. The molecule has 0 aliphatic carbocycles. The maximum atomic E-state index is 3.73. The van der Waals surface area contributed by atoms with Gasteiger partial charge in [-0.15, -0.1) is 18.3 Å². The second-order valence-electron chi connectivity index (χ2n) is 3.31. The lowest BCUT2D eigenvalue weighted by atomic mass is 10.0. The summed E-state index contributed by atoms with van der Waals surface area (Å²) in [6.45, 7) is 3.73. The van der Waals surface area contributed by atoms with Gasteiger partial charge in [-0.05, 0) is 24.5 Å². The maximum absolute atomic E-state index is 3.73. The molecule has 1 N–H and O–H groups in total. The van der Waals surface area contributed by atoms with E-state index in [9.17, 15) is 0 Å². The third-order valence-electron chi connectivity index (χ3n) is 2.29. The van der Waals surface area contributed by atoms with Gasteiger partial charge in [-0.1, -0.05) is 24.3 Å². The molecule has 0 saturated heterocycles. The van der Waals surface area contributed by atoms with Crippen molar-refractivity contribution in [2.75, 3.05) is 11.1 Å². The average molecular weight is 204 g/mol. The fraction of sp³-hybridized carbons (Fsp3) is 0.250. The summed E-state index contributed by atoms with van der Waals surface area (Å²) in [5.41, 5.74) is 2.70. The molecular formula is C12H14NS. The number of nitrogens with one attached hydrogen (secondary N) is 1. The molecule has 0 saturated carbocycles. The Bertz CT molecular complexity index is 322. The van der Waals surface area contributed by atoms with Crippen molar-refractivity contribution in [2.45, 2.75) is 12.8 Å². The Morgan fingerprint density at radius 1 is 1.36 bits per heavy atom. The largest absolute Gasteiger partial charge is 0.368 e. The summed E-state index contributed by atoms with van der Waals surface area (Å²) in [5.74, 6) is 0.991. The van der Waals surface area contributed by atoms with Crippen LogP contribution < -0.4 is 5.32 Å². The Balaban J connectivity index is 2.02. The Hall–Kier alpha value is -0.890. The van der Waals surface area contributed by atoms with Gasteiger partial charge in [0.15, 0.2) is 0 Å². The van der Waals surface area contributed by atoms with Gasteiger partial charge in [0.05, 0.1) is 0 Å². The summed E-state index contributed by atoms with van der Waals surface area (Å²) in [6, 6.07) is 8.51. The number of benzene rings is 1. The van der Waals surface area contributed by atoms with E-state index in [1.807, 2.05) is 17.8 Å². The number of rotatable bonds is 3. The summed E-state index contributed by atoms with van der Waals surface area (Å²) in [6.07, 6.45) is 4.23. The molecule has 0 spiro atoms. The minimum atomic E-state index is 0.991. The fourth-order valence-corrected chi connectivity index (χ4v) is 2.34. The highest BCUT2D eigenvalue weighted by atomic mass is 32.2. The van der Waals surface area contributed by atoms with Gasteiger partial charge in [-0.2, -0.15) is 0 Å². The first-order valence-electron chi connectivity index (χ1n) is 4.84. The fourth-order valence-electron chi connectivity index (χ4n) is 1.59. The maximum Gasteiger partial charge on any atom is 0.117 e. The summed E-state index contributed by atoms with van der Waals surface area (Å²) < 4.78 is 0. The predicted molar refractivity (Wildman–Crippen MR) is 64.3 cm³/mol. The van der Waals surface area contributed by atoms with Crippen LogP contribution in [0.5, 0.6) is 0 Å². The van der Waals surface area contributed by atoms with E-state index in [-0.39, 0.29) is 0 Å². The van der Waals surface area contributed by atoms with Crippen molar-refractivity contribution in [2.24, 2.45) is 0 Å². The quantitative estimate of drug-likeness (QED) is 0.757. The molecule has 0 unspecified atom stereocenters. The monoisotopic (exact) mass is 204 g/mol. The topological polar surface area (TPSA) is 12.0 Å². The summed E-state index contributed by atoms with van der Waals surface area (Å²) in [4.78, 5) is 0. The number of anilines is 1. The van der Waals surface area contributed by atoms with Crippen LogP contribution in [0.2, 0.25) is 0 Å². The number of hydrogen-bond donors (Lipinski definition) is 1. The number of thioether (sulfide) groups is 1. The van der Waals surface area contributed by atoms with Crippen LogP contribution in [0.3, 0.4) is 0 Å². The zero-order valence-corrected chi connectivity index (χ0v) is 8.94. The Morgan fingerprint density at radius 3 is 3.07 bits per heavy atom. The minimum absolute atomic E-state index is 0.991. The number of hydrogen-bond acceptors (Lipinski definition) is 2. The summed E-state index contributed by atoms with van der Waals surface area (Å²) in [5, 5.41) is 4.83. The van der Waals surface area contributed by atoms with Crippen LogP contribution in [0.1, 0.15) is 12.0 Å². The predicted octanol–water partition coefficient (Wildman–Crippen LogP) is 3.45. The lowest BCUT2D eigenvalue weighted by molar-refractivity contribution is 0.886. The highest BCUT2D eigenvalue weighted by Crippen LogP contribution is 2.33. The van der Waals surface area contributed by atoms with Gasteiger partial charge >= 0.3 is 0 Å². The summed E-state index contributed by atoms with van der Waals surface area (Å²) >= 11 is 1.85. The van der Waals surface area contributed by atoms with E-state index in [4.69, 9.17) is 0 Å². The molecule has 1 nitrogen and oxygen atoms in total. The molecular weight excluding hydrogens is 190 g/mol. The third-order valence-corrected chi connectivity index (χ3v) is 3.35. The van der Waals surface area contributed by atoms with Gasteiger partial charge in [-0.25, -0.2) is 0 Å². The number of aryl methyl sites for hydroxylation is 1. The van der Waals surface area contributed by atoms with Gasteiger partial charge in [0.2, 0.25) is 0 Å². The first-order valence-corrected chi connectivity index (χ1v) is 5.83. The molecule has 1 radical (unpaired) electrons. The van der Waals surface area contributed by atoms with Crippen molar-refractivity contribution in [3.05, 3.63) is 47.9 Å². The molecule has 1 heterocycles. The van der Waals surface area contributed by atoms with E-state index in [1.54, 1.807) is 0 Å². The van der Waals surface area contributed by atoms with Crippen LogP contribution in [0, 0.1) is 5.37 Å². The SMILES string of the molecule is C=CCS[C]1CCc2ccccc2N1. The first-order chi connectivity index (χ1) is 6.90. The van der Waals surface area contributed by atoms with E-state index in [0.29, 0.717) is 0 Å². The average Bonchev–Trinajstić information content (AvgIpc) is 2.26. The highest BCUT2D eigenvalue weighted by molar-refractivity contribution is 8.02. The van der Waals surface area contributed by atoms with E-state index < -0.39 is 0 Å². The number of fused-ring (bicyclic) bond motifs is 1. The second-order valence-corrected chi connectivity index (χ2v) is 4.42. The molecule has 1 aromatic rings. The van der Waals surface area contributed by atoms with Gasteiger partial charge in [0, 0.05) is 11.4 Å². The zero-order valence-electron chi connectivity index (χ0n) is 8.12. The molecule has 0 amide bonds. The highest BCUT2D eigenvalue weighted by Gasteiger charge is 2.17. The van der Waals surface area contributed by atoms with Crippen molar-refractivity contribution in [3.63, 3.8) is 0 Å². The Kier molecular flexibility index (Phi) is 3.14. The molecule has 0 atom stereocenters. The van der Waals surface area contributed by atoms with Crippen LogP contribution >= 0.6 is 11.8 Å². The van der Waals surface area contributed by atoms with Gasteiger partial charge in [0.1, 0.15) is 5.37 Å². The van der Waals surface area contributed by atoms with Crippen molar-refractivity contribution >= 4 is 17.4 Å². The van der Waals surface area contributed by atoms with Gasteiger partial charge < -0.3 is 5.32 Å². The second kappa shape index (κ2) is 4.56.